The molecule has 4 heteroatoms. The van der Waals surface area contributed by atoms with Crippen molar-refractivity contribution in [3.8, 4) is 5.75 Å². The lowest BCUT2D eigenvalue weighted by molar-refractivity contribution is 0.405. The minimum absolute atomic E-state index is 0.742. The van der Waals surface area contributed by atoms with Gasteiger partial charge in [-0.25, -0.2) is 0 Å². The third-order valence-electron chi connectivity index (χ3n) is 2.02. The summed E-state index contributed by atoms with van der Waals surface area (Å²) in [4.78, 5) is 1.16. The lowest BCUT2D eigenvalue weighted by Gasteiger charge is -2.08. The molecule has 0 bridgehead atoms. The summed E-state index contributed by atoms with van der Waals surface area (Å²) in [5.41, 5.74) is 6.42. The molecule has 0 heterocycles. The Morgan fingerprint density at radius 3 is 2.93 bits per heavy atom. The molecule has 1 aromatic carbocycles. The normalized spacial score (nSPS) is 10.3. The Balaban J connectivity index is 2.52. The summed E-state index contributed by atoms with van der Waals surface area (Å²) in [5, 5.41) is 3.13. The van der Waals surface area contributed by atoms with Crippen molar-refractivity contribution in [1.29, 1.82) is 0 Å². The Bertz CT molecular complexity index is 305. The maximum atomic E-state index is 5.68. The molecule has 15 heavy (non-hydrogen) atoms. The maximum Gasteiger partial charge on any atom is 0.134 e. The number of ether oxygens (including phenoxy) is 1. The quantitative estimate of drug-likeness (QED) is 0.442. The van der Waals surface area contributed by atoms with Crippen LogP contribution in [0.4, 0.5) is 5.69 Å². The van der Waals surface area contributed by atoms with E-state index in [-0.39, 0.29) is 0 Å². The highest BCUT2D eigenvalue weighted by molar-refractivity contribution is 7.99. The van der Waals surface area contributed by atoms with Crippen molar-refractivity contribution < 1.29 is 4.74 Å². The zero-order valence-electron chi connectivity index (χ0n) is 9.25. The highest BCUT2D eigenvalue weighted by atomic mass is 32.2. The smallest absolute Gasteiger partial charge is 0.134 e. The zero-order chi connectivity index (χ0) is 11.1. The number of benzene rings is 1. The zero-order valence-corrected chi connectivity index (χ0v) is 10.1. The van der Waals surface area contributed by atoms with Crippen molar-refractivity contribution in [3.05, 3.63) is 18.2 Å². The monoisotopic (exact) mass is 226 g/mol. The van der Waals surface area contributed by atoms with Crippen LogP contribution >= 0.6 is 11.8 Å². The minimum Gasteiger partial charge on any atom is -0.496 e. The van der Waals surface area contributed by atoms with Crippen molar-refractivity contribution >= 4 is 17.4 Å². The van der Waals surface area contributed by atoms with Crippen molar-refractivity contribution in [1.82, 2.24) is 5.32 Å². The van der Waals surface area contributed by atoms with Gasteiger partial charge in [-0.3, -0.25) is 0 Å². The number of nitrogens with one attached hydrogen (secondary N) is 1. The molecule has 84 valence electrons. The van der Waals surface area contributed by atoms with E-state index < -0.39 is 0 Å². The summed E-state index contributed by atoms with van der Waals surface area (Å²) in [6, 6.07) is 5.78. The molecule has 0 radical (unpaired) electrons. The molecule has 0 aliphatic carbocycles. The molecule has 3 nitrogen and oxygen atoms in total. The van der Waals surface area contributed by atoms with E-state index in [4.69, 9.17) is 10.5 Å². The van der Waals surface area contributed by atoms with Crippen LogP contribution in [0.2, 0.25) is 0 Å². The van der Waals surface area contributed by atoms with Gasteiger partial charge in [-0.15, -0.1) is 11.8 Å². The van der Waals surface area contributed by atoms with E-state index in [0.717, 1.165) is 35.1 Å². The largest absolute Gasteiger partial charge is 0.496 e. The van der Waals surface area contributed by atoms with E-state index in [1.807, 2.05) is 25.2 Å². The molecular formula is C11H18N2OS. The number of nitrogen functional groups attached to an aromatic ring is 1. The number of nitrogens with two attached hydrogens (primary N) is 1. The molecule has 1 rings (SSSR count). The van der Waals surface area contributed by atoms with Gasteiger partial charge in [0.1, 0.15) is 5.75 Å². The Morgan fingerprint density at radius 1 is 1.47 bits per heavy atom. The lowest BCUT2D eigenvalue weighted by atomic mass is 10.3. The number of hydrogen-bond acceptors (Lipinski definition) is 4. The van der Waals surface area contributed by atoms with Gasteiger partial charge in [0.15, 0.2) is 0 Å². The average Bonchev–Trinajstić information content (AvgIpc) is 2.26. The van der Waals surface area contributed by atoms with Crippen molar-refractivity contribution in [2.45, 2.75) is 11.3 Å². The van der Waals surface area contributed by atoms with Crippen molar-refractivity contribution in [3.63, 3.8) is 0 Å². The van der Waals surface area contributed by atoms with Crippen LogP contribution in [0.1, 0.15) is 6.42 Å². The first kappa shape index (κ1) is 12.2. The van der Waals surface area contributed by atoms with E-state index in [9.17, 15) is 0 Å². The molecule has 0 aliphatic heterocycles. The molecule has 1 aromatic rings. The summed E-state index contributed by atoms with van der Waals surface area (Å²) < 4.78 is 5.27. The molecule has 0 atom stereocenters. The molecular weight excluding hydrogens is 208 g/mol. The van der Waals surface area contributed by atoms with Crippen molar-refractivity contribution in [2.24, 2.45) is 0 Å². The second-order valence-electron chi connectivity index (χ2n) is 3.22. The fraction of sp³-hybridized carbons (Fsp3) is 0.455. The van der Waals surface area contributed by atoms with Crippen molar-refractivity contribution in [2.75, 3.05) is 32.2 Å². The van der Waals surface area contributed by atoms with Crippen LogP contribution in [0, 0.1) is 0 Å². The summed E-state index contributed by atoms with van der Waals surface area (Å²) in [6.07, 6.45) is 1.15. The van der Waals surface area contributed by atoms with Gasteiger partial charge in [-0.1, -0.05) is 0 Å². The first-order chi connectivity index (χ1) is 7.27. The van der Waals surface area contributed by atoms with E-state index in [0.29, 0.717) is 0 Å². The molecule has 0 amide bonds. The van der Waals surface area contributed by atoms with E-state index >= 15 is 0 Å². The van der Waals surface area contributed by atoms with Gasteiger partial charge in [0.2, 0.25) is 0 Å². The van der Waals surface area contributed by atoms with Crippen LogP contribution in [0.15, 0.2) is 23.1 Å². The van der Waals surface area contributed by atoms with Crippen LogP contribution in [-0.2, 0) is 0 Å². The van der Waals surface area contributed by atoms with Crippen LogP contribution in [-0.4, -0.2) is 26.5 Å². The number of methoxy groups -OCH3 is 1. The maximum absolute atomic E-state index is 5.68. The second kappa shape index (κ2) is 6.58. The predicted octanol–water partition coefficient (Wildman–Crippen LogP) is 1.98. The highest BCUT2D eigenvalue weighted by Gasteiger charge is 2.03. The van der Waals surface area contributed by atoms with Crippen LogP contribution in [0.3, 0.4) is 0 Å². The topological polar surface area (TPSA) is 47.3 Å². The van der Waals surface area contributed by atoms with Crippen LogP contribution in [0.25, 0.3) is 0 Å². The molecule has 0 fully saturated rings. The fourth-order valence-corrected chi connectivity index (χ4v) is 2.19. The number of thioether (sulfide) groups is 1. The average molecular weight is 226 g/mol. The molecule has 0 aromatic heterocycles. The Labute approximate surface area is 95.4 Å². The summed E-state index contributed by atoms with van der Waals surface area (Å²) in [6.45, 7) is 1.05. The first-order valence-corrected chi connectivity index (χ1v) is 5.97. The molecule has 0 unspecified atom stereocenters. The van der Waals surface area contributed by atoms with Crippen LogP contribution < -0.4 is 15.8 Å². The molecule has 0 saturated heterocycles. The Kier molecular flexibility index (Phi) is 5.36. The SMILES string of the molecule is CNCCCSc1ccc(N)cc1OC. The van der Waals surface area contributed by atoms with E-state index in [2.05, 4.69) is 5.32 Å². The van der Waals surface area contributed by atoms with Crippen LogP contribution in [0.5, 0.6) is 5.75 Å². The fourth-order valence-electron chi connectivity index (χ4n) is 1.23. The highest BCUT2D eigenvalue weighted by Crippen LogP contribution is 2.31. The van der Waals surface area contributed by atoms with Gasteiger partial charge < -0.3 is 15.8 Å². The predicted molar refractivity (Wildman–Crippen MR) is 66.7 cm³/mol. The standard InChI is InChI=1S/C11H18N2OS/c1-13-6-3-7-15-11-5-4-9(12)8-10(11)14-2/h4-5,8,13H,3,6-7,12H2,1-2H3. The third kappa shape index (κ3) is 4.01. The minimum atomic E-state index is 0.742. The van der Waals surface area contributed by atoms with Gasteiger partial charge in [0.05, 0.1) is 7.11 Å². The molecule has 0 saturated carbocycles. The lowest BCUT2D eigenvalue weighted by Crippen LogP contribution is -2.08. The Morgan fingerprint density at radius 2 is 2.27 bits per heavy atom. The molecule has 0 aliphatic rings. The number of hydrogen-bond donors (Lipinski definition) is 2. The van der Waals surface area contributed by atoms with Gasteiger partial charge in [-0.2, -0.15) is 0 Å². The van der Waals surface area contributed by atoms with Gasteiger partial charge >= 0.3 is 0 Å². The van der Waals surface area contributed by atoms with E-state index in [1.54, 1.807) is 18.9 Å². The van der Waals surface area contributed by atoms with Gasteiger partial charge in [0.25, 0.3) is 0 Å². The van der Waals surface area contributed by atoms with E-state index in [1.165, 1.54) is 0 Å². The summed E-state index contributed by atoms with van der Waals surface area (Å²) in [5.74, 6) is 1.95. The Hall–Kier alpha value is -0.870. The van der Waals surface area contributed by atoms with Gasteiger partial charge in [0, 0.05) is 16.6 Å². The molecule has 3 N–H and O–H groups in total. The first-order valence-electron chi connectivity index (χ1n) is 4.99. The molecule has 0 spiro atoms. The summed E-state index contributed by atoms with van der Waals surface area (Å²) >= 11 is 1.80. The van der Waals surface area contributed by atoms with Gasteiger partial charge in [-0.05, 0) is 37.9 Å². The number of anilines is 1. The summed E-state index contributed by atoms with van der Waals surface area (Å²) in [7, 11) is 3.64. The number of rotatable bonds is 6. The third-order valence-corrected chi connectivity index (χ3v) is 3.16. The second-order valence-corrected chi connectivity index (χ2v) is 4.35.